The molecule has 0 unspecified atom stereocenters. The van der Waals surface area contributed by atoms with E-state index >= 15 is 0 Å². The van der Waals surface area contributed by atoms with Gasteiger partial charge in [-0.2, -0.15) is 0 Å². The van der Waals surface area contributed by atoms with Crippen LogP contribution >= 0.6 is 0 Å². The van der Waals surface area contributed by atoms with Crippen LogP contribution in [0.15, 0.2) is 24.3 Å². The Morgan fingerprint density at radius 2 is 2.03 bits per heavy atom. The fourth-order valence-corrected chi connectivity index (χ4v) is 5.44. The topological polar surface area (TPSA) is 66.6 Å². The first-order valence-electron chi connectivity index (χ1n) is 11.6. The number of cyclic esters (lactones) is 1. The summed E-state index contributed by atoms with van der Waals surface area (Å²) in [4.78, 5) is 19.8. The van der Waals surface area contributed by atoms with E-state index in [1.165, 1.54) is 6.07 Å². The molecule has 178 valence electrons. The first-order chi connectivity index (χ1) is 16.4. The Balaban J connectivity index is 1.22. The van der Waals surface area contributed by atoms with E-state index in [0.29, 0.717) is 30.8 Å². The fourth-order valence-electron chi connectivity index (χ4n) is 5.44. The predicted molar refractivity (Wildman–Crippen MR) is 123 cm³/mol. The molecule has 3 aliphatic heterocycles. The number of hydrogen-bond acceptors (Lipinski definition) is 6. The van der Waals surface area contributed by atoms with Crippen LogP contribution in [0.1, 0.15) is 50.4 Å². The van der Waals surface area contributed by atoms with Crippen molar-refractivity contribution in [3.63, 3.8) is 0 Å². The van der Waals surface area contributed by atoms with Gasteiger partial charge in [-0.3, -0.25) is 9.80 Å². The van der Waals surface area contributed by atoms with E-state index in [2.05, 4.69) is 14.6 Å². The third kappa shape index (κ3) is 3.99. The number of fused-ring (bicyclic) bond motifs is 2. The van der Waals surface area contributed by atoms with Crippen LogP contribution < -0.4 is 0 Å². The van der Waals surface area contributed by atoms with E-state index in [0.717, 1.165) is 41.9 Å². The lowest BCUT2D eigenvalue weighted by Gasteiger charge is -2.46. The molecule has 0 spiro atoms. The van der Waals surface area contributed by atoms with Crippen LogP contribution in [0.25, 0.3) is 4.85 Å². The van der Waals surface area contributed by atoms with Crippen LogP contribution in [0, 0.1) is 26.2 Å². The van der Waals surface area contributed by atoms with E-state index < -0.39 is 11.9 Å². The molecule has 3 heterocycles. The summed E-state index contributed by atoms with van der Waals surface area (Å²) in [5, 5.41) is 11.0. The summed E-state index contributed by atoms with van der Waals surface area (Å²) < 4.78 is 25.2. The summed E-state index contributed by atoms with van der Waals surface area (Å²) in [5.74, 6) is -0.790. The van der Waals surface area contributed by atoms with E-state index in [1.807, 2.05) is 13.0 Å². The van der Waals surface area contributed by atoms with Gasteiger partial charge in [0.25, 0.3) is 0 Å². The number of aliphatic hydroxyl groups is 1. The molecule has 3 aliphatic rings. The highest BCUT2D eigenvalue weighted by Crippen LogP contribution is 2.35. The van der Waals surface area contributed by atoms with Crippen molar-refractivity contribution in [2.45, 2.75) is 38.7 Å². The number of carbonyl (C=O) groups excluding carboxylic acids is 1. The summed E-state index contributed by atoms with van der Waals surface area (Å²) in [7, 11) is 0. The molecule has 8 heteroatoms. The fraction of sp³-hybridized carbons (Fsp3) is 0.462. The van der Waals surface area contributed by atoms with Crippen molar-refractivity contribution in [3.8, 4) is 0 Å². The molecule has 2 fully saturated rings. The van der Waals surface area contributed by atoms with E-state index in [9.17, 15) is 14.3 Å². The van der Waals surface area contributed by atoms with Gasteiger partial charge in [0.1, 0.15) is 12.4 Å². The normalized spacial score (nSPS) is 23.7. The minimum atomic E-state index is -0.654. The average molecular weight is 466 g/mol. The minimum absolute atomic E-state index is 0.0693. The molecule has 5 rings (SSSR count). The zero-order valence-corrected chi connectivity index (χ0v) is 19.4. The van der Waals surface area contributed by atoms with Gasteiger partial charge in [0.05, 0.1) is 31.0 Å². The Kier molecular flexibility index (Phi) is 6.13. The Hall–Kier alpha value is -2.83. The summed E-state index contributed by atoms with van der Waals surface area (Å²) in [5.41, 5.74) is 4.81. The first kappa shape index (κ1) is 22.9. The average Bonchev–Trinajstić information content (AvgIpc) is 3.21. The minimum Gasteiger partial charge on any atom is -0.457 e. The van der Waals surface area contributed by atoms with E-state index in [1.54, 1.807) is 19.1 Å². The van der Waals surface area contributed by atoms with Crippen molar-refractivity contribution in [2.75, 3.05) is 39.3 Å². The molecule has 34 heavy (non-hydrogen) atoms. The van der Waals surface area contributed by atoms with Gasteiger partial charge in [-0.05, 0) is 48.2 Å². The second-order valence-electron chi connectivity index (χ2n) is 9.35. The number of ether oxygens (including phenoxy) is 2. The lowest BCUT2D eigenvalue weighted by Crippen LogP contribution is -2.58. The SMILES string of the molecule is [C-]#[N+]c1c(F)ccc([C@H]2CN3CCN(C[C@H](O)c4ccc5c(c4C)COC5=O)C[C@H]3CO2)c1C. The Morgan fingerprint density at radius 1 is 1.21 bits per heavy atom. The second-order valence-corrected chi connectivity index (χ2v) is 9.35. The van der Waals surface area contributed by atoms with Crippen molar-refractivity contribution < 1.29 is 23.8 Å². The number of aliphatic hydroxyl groups excluding tert-OH is 1. The number of benzene rings is 2. The monoisotopic (exact) mass is 465 g/mol. The third-order valence-electron chi connectivity index (χ3n) is 7.46. The molecule has 0 aromatic heterocycles. The van der Waals surface area contributed by atoms with Crippen molar-refractivity contribution in [1.29, 1.82) is 0 Å². The molecule has 2 saturated heterocycles. The summed E-state index contributed by atoms with van der Waals surface area (Å²) >= 11 is 0. The highest BCUT2D eigenvalue weighted by atomic mass is 19.1. The molecular weight excluding hydrogens is 437 g/mol. The number of piperazine rings is 1. The summed E-state index contributed by atoms with van der Waals surface area (Å²) in [6, 6.07) is 6.88. The molecule has 0 aliphatic carbocycles. The number of nitrogens with zero attached hydrogens (tertiary/aromatic N) is 3. The number of esters is 1. The number of hydrogen-bond donors (Lipinski definition) is 1. The molecule has 0 radical (unpaired) electrons. The van der Waals surface area contributed by atoms with Crippen molar-refractivity contribution >= 4 is 11.7 Å². The van der Waals surface area contributed by atoms with Crippen molar-refractivity contribution in [2.24, 2.45) is 0 Å². The van der Waals surface area contributed by atoms with Crippen LogP contribution in [0.3, 0.4) is 0 Å². The van der Waals surface area contributed by atoms with Gasteiger partial charge >= 0.3 is 5.97 Å². The van der Waals surface area contributed by atoms with Crippen LogP contribution in [0.5, 0.6) is 0 Å². The molecular formula is C26H28FN3O4. The van der Waals surface area contributed by atoms with Gasteiger partial charge in [-0.1, -0.05) is 12.1 Å². The summed E-state index contributed by atoms with van der Waals surface area (Å²) in [6.07, 6.45) is -0.841. The van der Waals surface area contributed by atoms with Crippen LogP contribution in [0.2, 0.25) is 0 Å². The van der Waals surface area contributed by atoms with Crippen molar-refractivity contribution in [3.05, 3.63) is 74.9 Å². The summed E-state index contributed by atoms with van der Waals surface area (Å²) in [6.45, 7) is 15.4. The van der Waals surface area contributed by atoms with Gasteiger partial charge in [0.15, 0.2) is 0 Å². The van der Waals surface area contributed by atoms with Gasteiger partial charge in [-0.15, -0.1) is 0 Å². The maximum atomic E-state index is 13.9. The quantitative estimate of drug-likeness (QED) is 0.551. The number of halogens is 1. The Morgan fingerprint density at radius 3 is 2.82 bits per heavy atom. The smallest absolute Gasteiger partial charge is 0.338 e. The van der Waals surface area contributed by atoms with E-state index in [4.69, 9.17) is 16.0 Å². The number of morpholine rings is 1. The highest BCUT2D eigenvalue weighted by Gasteiger charge is 2.36. The number of carbonyl (C=O) groups is 1. The third-order valence-corrected chi connectivity index (χ3v) is 7.46. The maximum Gasteiger partial charge on any atom is 0.338 e. The molecule has 2 aromatic carbocycles. The molecule has 2 aromatic rings. The lowest BCUT2D eigenvalue weighted by atomic mass is 9.95. The van der Waals surface area contributed by atoms with Gasteiger partial charge < -0.3 is 14.6 Å². The number of rotatable bonds is 4. The van der Waals surface area contributed by atoms with Crippen LogP contribution in [-0.4, -0.2) is 66.2 Å². The van der Waals surface area contributed by atoms with Crippen LogP contribution in [0.4, 0.5) is 10.1 Å². The zero-order chi connectivity index (χ0) is 24.0. The second kappa shape index (κ2) is 9.08. The molecule has 0 amide bonds. The number of β-amino-alcohol motifs (C(OH)–C–C–N with tert-alkyl or cyclic N) is 1. The molecule has 0 bridgehead atoms. The highest BCUT2D eigenvalue weighted by molar-refractivity contribution is 5.93. The van der Waals surface area contributed by atoms with Gasteiger partial charge in [0, 0.05) is 44.3 Å². The van der Waals surface area contributed by atoms with E-state index in [-0.39, 0.29) is 30.4 Å². The predicted octanol–water partition coefficient (Wildman–Crippen LogP) is 3.45. The largest absolute Gasteiger partial charge is 0.457 e. The standard InChI is InChI=1S/C26H28FN3O4/c1-15-18(4-5-20-21(15)14-34-26(20)32)23(31)11-29-8-9-30-12-24(33-13-17(30)10-29)19-6-7-22(27)25(28-3)16(19)2/h4-7,17,23-24,31H,8-14H2,1-2H3/t17-,23-,24+/m0/s1. The van der Waals surface area contributed by atoms with Gasteiger partial charge in [-0.25, -0.2) is 14.0 Å². The molecule has 3 atom stereocenters. The first-order valence-corrected chi connectivity index (χ1v) is 11.6. The van der Waals surface area contributed by atoms with Crippen molar-refractivity contribution in [1.82, 2.24) is 9.80 Å². The Bertz CT molecular complexity index is 1180. The molecule has 1 N–H and O–H groups in total. The zero-order valence-electron chi connectivity index (χ0n) is 19.4. The maximum absolute atomic E-state index is 13.9. The lowest BCUT2D eigenvalue weighted by molar-refractivity contribution is -0.0939. The Labute approximate surface area is 198 Å². The van der Waals surface area contributed by atoms with Gasteiger partial charge in [0.2, 0.25) is 5.69 Å². The van der Waals surface area contributed by atoms with Crippen LogP contribution in [-0.2, 0) is 16.1 Å². The molecule has 7 nitrogen and oxygen atoms in total. The molecule has 0 saturated carbocycles.